The molecular weight excluding hydrogens is 256 g/mol. The molecule has 2 N–H and O–H groups in total. The van der Waals surface area contributed by atoms with Crippen LogP contribution in [0, 0.1) is 0 Å². The van der Waals surface area contributed by atoms with Gasteiger partial charge in [-0.2, -0.15) is 0 Å². The van der Waals surface area contributed by atoms with Crippen molar-refractivity contribution in [2.75, 3.05) is 13.1 Å². The van der Waals surface area contributed by atoms with Crippen molar-refractivity contribution >= 4 is 6.21 Å². The van der Waals surface area contributed by atoms with Gasteiger partial charge in [-0.25, -0.2) is 0 Å². The lowest BCUT2D eigenvalue weighted by Gasteiger charge is -2.01. The lowest BCUT2D eigenvalue weighted by atomic mass is 10.1. The predicted molar refractivity (Wildman–Crippen MR) is 94.1 cm³/mol. The molecule has 1 rings (SSSR count). The summed E-state index contributed by atoms with van der Waals surface area (Å²) in [5, 5.41) is 0. The molecule has 0 unspecified atom stereocenters. The first kappa shape index (κ1) is 17.9. The molecule has 0 heterocycles. The third kappa shape index (κ3) is 11.2. The molecule has 0 bridgehead atoms. The van der Waals surface area contributed by atoms with Crippen molar-refractivity contribution in [2.45, 2.75) is 64.2 Å². The number of nitrogens with two attached hydrogens (primary N) is 1. The van der Waals surface area contributed by atoms with Gasteiger partial charge in [0, 0.05) is 12.8 Å². The number of unbranched alkanes of at least 4 members (excludes halogenated alkanes) is 9. The Morgan fingerprint density at radius 2 is 1.24 bits per heavy atom. The lowest BCUT2D eigenvalue weighted by Crippen LogP contribution is -1.97. The molecule has 2 nitrogen and oxygen atoms in total. The molecule has 0 aliphatic heterocycles. The van der Waals surface area contributed by atoms with Crippen LogP contribution in [0.4, 0.5) is 0 Å². The van der Waals surface area contributed by atoms with Crippen LogP contribution in [-0.2, 0) is 0 Å². The molecule has 0 amide bonds. The summed E-state index contributed by atoms with van der Waals surface area (Å²) in [5.74, 6) is 0. The van der Waals surface area contributed by atoms with Crippen LogP contribution in [-0.4, -0.2) is 19.3 Å². The molecule has 0 aliphatic carbocycles. The summed E-state index contributed by atoms with van der Waals surface area (Å²) in [5.41, 5.74) is 6.68. The molecule has 0 atom stereocenters. The molecule has 0 aromatic heterocycles. The Kier molecular flexibility index (Phi) is 11.8. The number of nitrogens with zero attached hydrogens (tertiary/aromatic N) is 1. The Labute approximate surface area is 130 Å². The van der Waals surface area contributed by atoms with Gasteiger partial charge in [-0.3, -0.25) is 4.99 Å². The number of benzene rings is 1. The summed E-state index contributed by atoms with van der Waals surface area (Å²) < 4.78 is 0. The molecule has 0 saturated carbocycles. The van der Waals surface area contributed by atoms with Gasteiger partial charge >= 0.3 is 0 Å². The van der Waals surface area contributed by atoms with Crippen molar-refractivity contribution in [3.63, 3.8) is 0 Å². The van der Waals surface area contributed by atoms with Crippen molar-refractivity contribution in [3.8, 4) is 0 Å². The number of rotatable bonds is 13. The van der Waals surface area contributed by atoms with E-state index in [0.29, 0.717) is 0 Å². The Balaban J connectivity index is 1.82. The summed E-state index contributed by atoms with van der Waals surface area (Å²) in [4.78, 5) is 4.48. The van der Waals surface area contributed by atoms with Crippen LogP contribution >= 0.6 is 0 Å². The number of aliphatic imine (C=N–C) groups is 1. The van der Waals surface area contributed by atoms with E-state index in [4.69, 9.17) is 5.73 Å². The quantitative estimate of drug-likeness (QED) is 0.404. The third-order valence-electron chi connectivity index (χ3n) is 3.78. The second-order valence-electron chi connectivity index (χ2n) is 5.77. The van der Waals surface area contributed by atoms with Gasteiger partial charge in [0.25, 0.3) is 0 Å². The highest BCUT2D eigenvalue weighted by atomic mass is 14.7. The van der Waals surface area contributed by atoms with Gasteiger partial charge in [-0.15, -0.1) is 0 Å². The maximum atomic E-state index is 5.48. The van der Waals surface area contributed by atoms with Crippen LogP contribution in [0.1, 0.15) is 69.8 Å². The minimum absolute atomic E-state index is 0.854. The molecule has 118 valence electrons. The monoisotopic (exact) mass is 288 g/mol. The predicted octanol–water partition coefficient (Wildman–Crippen LogP) is 4.97. The zero-order chi connectivity index (χ0) is 15.0. The van der Waals surface area contributed by atoms with E-state index in [9.17, 15) is 0 Å². The second kappa shape index (κ2) is 13.8. The summed E-state index contributed by atoms with van der Waals surface area (Å²) in [7, 11) is 0. The molecule has 21 heavy (non-hydrogen) atoms. The molecule has 0 aliphatic rings. The van der Waals surface area contributed by atoms with Crippen LogP contribution in [0.15, 0.2) is 35.3 Å². The normalized spacial score (nSPS) is 11.3. The average molecular weight is 288 g/mol. The highest BCUT2D eigenvalue weighted by molar-refractivity contribution is 5.79. The zero-order valence-electron chi connectivity index (χ0n) is 13.5. The van der Waals surface area contributed by atoms with Crippen LogP contribution < -0.4 is 5.73 Å². The SMILES string of the molecule is NCCCCCCCCCCCCN=Cc1ccccc1. The van der Waals surface area contributed by atoms with Gasteiger partial charge in [-0.1, -0.05) is 81.7 Å². The van der Waals surface area contributed by atoms with Gasteiger partial charge in [-0.05, 0) is 24.9 Å². The molecule has 1 aromatic carbocycles. The van der Waals surface area contributed by atoms with E-state index in [-0.39, 0.29) is 0 Å². The molecule has 0 saturated heterocycles. The zero-order valence-corrected chi connectivity index (χ0v) is 13.5. The van der Waals surface area contributed by atoms with E-state index < -0.39 is 0 Å². The van der Waals surface area contributed by atoms with Gasteiger partial charge in [0.2, 0.25) is 0 Å². The van der Waals surface area contributed by atoms with E-state index in [1.54, 1.807) is 0 Å². The number of hydrogen-bond acceptors (Lipinski definition) is 2. The van der Waals surface area contributed by atoms with Crippen molar-refractivity contribution < 1.29 is 0 Å². The standard InChI is InChI=1S/C19H32N2/c20-16-12-7-5-3-1-2-4-6-8-13-17-21-18-19-14-10-9-11-15-19/h9-11,14-15,18H,1-8,12-13,16-17,20H2. The third-order valence-corrected chi connectivity index (χ3v) is 3.78. The van der Waals surface area contributed by atoms with Crippen molar-refractivity contribution in [1.82, 2.24) is 0 Å². The van der Waals surface area contributed by atoms with E-state index in [1.165, 1.54) is 69.8 Å². The minimum Gasteiger partial charge on any atom is -0.330 e. The Morgan fingerprint density at radius 3 is 1.81 bits per heavy atom. The van der Waals surface area contributed by atoms with Crippen molar-refractivity contribution in [3.05, 3.63) is 35.9 Å². The van der Waals surface area contributed by atoms with Crippen LogP contribution in [0.5, 0.6) is 0 Å². The van der Waals surface area contributed by atoms with E-state index in [1.807, 2.05) is 12.3 Å². The highest BCUT2D eigenvalue weighted by Gasteiger charge is 1.92. The average Bonchev–Trinajstić information content (AvgIpc) is 2.53. The van der Waals surface area contributed by atoms with E-state index >= 15 is 0 Å². The van der Waals surface area contributed by atoms with Crippen LogP contribution in [0.3, 0.4) is 0 Å². The minimum atomic E-state index is 0.854. The molecule has 0 fully saturated rings. The Morgan fingerprint density at radius 1 is 0.714 bits per heavy atom. The Bertz CT molecular complexity index is 346. The fourth-order valence-corrected chi connectivity index (χ4v) is 2.47. The first-order valence-electron chi connectivity index (χ1n) is 8.68. The summed E-state index contributed by atoms with van der Waals surface area (Å²) in [6.45, 7) is 1.82. The second-order valence-corrected chi connectivity index (χ2v) is 5.77. The smallest absolute Gasteiger partial charge is 0.0389 e. The van der Waals surface area contributed by atoms with E-state index in [0.717, 1.165) is 13.1 Å². The van der Waals surface area contributed by atoms with Gasteiger partial charge < -0.3 is 5.73 Å². The first-order chi connectivity index (χ1) is 10.4. The first-order valence-corrected chi connectivity index (χ1v) is 8.68. The maximum absolute atomic E-state index is 5.48. The van der Waals surface area contributed by atoms with Crippen LogP contribution in [0.2, 0.25) is 0 Å². The molecule has 0 radical (unpaired) electrons. The van der Waals surface area contributed by atoms with Crippen molar-refractivity contribution in [2.24, 2.45) is 10.7 Å². The maximum Gasteiger partial charge on any atom is 0.0389 e. The highest BCUT2D eigenvalue weighted by Crippen LogP contribution is 2.10. The fourth-order valence-electron chi connectivity index (χ4n) is 2.47. The summed E-state index contributed by atoms with van der Waals surface area (Å²) >= 11 is 0. The van der Waals surface area contributed by atoms with Crippen molar-refractivity contribution in [1.29, 1.82) is 0 Å². The van der Waals surface area contributed by atoms with E-state index in [2.05, 4.69) is 29.3 Å². The number of hydrogen-bond donors (Lipinski definition) is 1. The van der Waals surface area contributed by atoms with Gasteiger partial charge in [0.05, 0.1) is 0 Å². The molecular formula is C19H32N2. The van der Waals surface area contributed by atoms with Gasteiger partial charge in [0.15, 0.2) is 0 Å². The van der Waals surface area contributed by atoms with Crippen LogP contribution in [0.25, 0.3) is 0 Å². The molecule has 2 heteroatoms. The van der Waals surface area contributed by atoms with Gasteiger partial charge in [0.1, 0.15) is 0 Å². The summed E-state index contributed by atoms with van der Waals surface area (Å²) in [6.07, 6.45) is 15.3. The lowest BCUT2D eigenvalue weighted by molar-refractivity contribution is 0.554. The summed E-state index contributed by atoms with van der Waals surface area (Å²) in [6, 6.07) is 10.3. The molecule has 0 spiro atoms. The fraction of sp³-hybridized carbons (Fsp3) is 0.632. The topological polar surface area (TPSA) is 38.4 Å². The Hall–Kier alpha value is -1.15. The molecule has 1 aromatic rings. The largest absolute Gasteiger partial charge is 0.330 e.